The molecule has 70 valence electrons. The SMILES string of the molecule is C#CCN(CC)S(=O)(=O)C(F)F. The molecule has 0 saturated heterocycles. The summed E-state index contributed by atoms with van der Waals surface area (Å²) in [5, 5.41) is 0. The van der Waals surface area contributed by atoms with Crippen LogP contribution in [0.3, 0.4) is 0 Å². The van der Waals surface area contributed by atoms with Gasteiger partial charge >= 0.3 is 5.76 Å². The highest BCUT2D eigenvalue weighted by Gasteiger charge is 2.30. The van der Waals surface area contributed by atoms with Gasteiger partial charge in [0.1, 0.15) is 0 Å². The highest BCUT2D eigenvalue weighted by Crippen LogP contribution is 2.10. The van der Waals surface area contributed by atoms with Gasteiger partial charge in [-0.25, -0.2) is 8.42 Å². The number of alkyl halides is 2. The Labute approximate surface area is 70.4 Å². The molecular formula is C6H9F2NO2S. The molecule has 3 nitrogen and oxygen atoms in total. The molecule has 0 unspecified atom stereocenters. The summed E-state index contributed by atoms with van der Waals surface area (Å²) in [6.07, 6.45) is 4.80. The fourth-order valence-corrected chi connectivity index (χ4v) is 1.44. The first-order valence-electron chi connectivity index (χ1n) is 3.17. The minimum atomic E-state index is -4.49. The van der Waals surface area contributed by atoms with E-state index in [0.29, 0.717) is 4.31 Å². The number of rotatable bonds is 4. The Morgan fingerprint density at radius 3 is 2.33 bits per heavy atom. The predicted octanol–water partition coefficient (Wildman–Crippen LogP) is 0.494. The number of hydrogen-bond acceptors (Lipinski definition) is 2. The van der Waals surface area contributed by atoms with Crippen molar-refractivity contribution in [1.82, 2.24) is 4.31 Å². The molecule has 0 spiro atoms. The molecular weight excluding hydrogens is 188 g/mol. The zero-order chi connectivity index (χ0) is 9.78. The lowest BCUT2D eigenvalue weighted by Gasteiger charge is -2.16. The molecule has 6 heteroatoms. The molecule has 0 aliphatic heterocycles. The Morgan fingerprint density at radius 1 is 1.58 bits per heavy atom. The van der Waals surface area contributed by atoms with Crippen LogP contribution in [0.5, 0.6) is 0 Å². The van der Waals surface area contributed by atoms with Gasteiger partial charge in [0.2, 0.25) is 0 Å². The summed E-state index contributed by atoms with van der Waals surface area (Å²) in [4.78, 5) is 0. The molecule has 0 heterocycles. The summed E-state index contributed by atoms with van der Waals surface area (Å²) in [6, 6.07) is 0. The summed E-state index contributed by atoms with van der Waals surface area (Å²) in [7, 11) is -4.49. The first-order valence-corrected chi connectivity index (χ1v) is 4.67. The van der Waals surface area contributed by atoms with E-state index in [4.69, 9.17) is 6.42 Å². The van der Waals surface area contributed by atoms with Gasteiger partial charge in [0.15, 0.2) is 0 Å². The second-order valence-electron chi connectivity index (χ2n) is 1.94. The monoisotopic (exact) mass is 197 g/mol. The van der Waals surface area contributed by atoms with Crippen LogP contribution in [0.4, 0.5) is 8.78 Å². The number of nitrogens with zero attached hydrogens (tertiary/aromatic N) is 1. The first kappa shape index (κ1) is 11.3. The smallest absolute Gasteiger partial charge is 0.206 e. The lowest BCUT2D eigenvalue weighted by Crippen LogP contribution is -2.35. The topological polar surface area (TPSA) is 37.4 Å². The van der Waals surface area contributed by atoms with Crippen LogP contribution in [0.25, 0.3) is 0 Å². The van der Waals surface area contributed by atoms with E-state index in [1.54, 1.807) is 0 Å². The van der Waals surface area contributed by atoms with Gasteiger partial charge in [-0.15, -0.1) is 6.42 Å². The number of terminal acetylenes is 1. The van der Waals surface area contributed by atoms with Crippen molar-refractivity contribution < 1.29 is 17.2 Å². The normalized spacial score (nSPS) is 12.0. The van der Waals surface area contributed by atoms with E-state index in [1.807, 2.05) is 5.92 Å². The van der Waals surface area contributed by atoms with Crippen molar-refractivity contribution >= 4 is 10.0 Å². The van der Waals surface area contributed by atoms with Crippen LogP contribution in [0, 0.1) is 12.3 Å². The maximum atomic E-state index is 11.9. The zero-order valence-corrected chi connectivity index (χ0v) is 7.31. The second-order valence-corrected chi connectivity index (χ2v) is 3.84. The molecule has 0 aliphatic carbocycles. The predicted molar refractivity (Wildman–Crippen MR) is 41.0 cm³/mol. The Morgan fingerprint density at radius 2 is 2.08 bits per heavy atom. The molecule has 0 bridgehead atoms. The summed E-state index contributed by atoms with van der Waals surface area (Å²) in [6.45, 7) is 1.08. The van der Waals surface area contributed by atoms with Crippen LogP contribution in [-0.4, -0.2) is 31.6 Å². The average molecular weight is 197 g/mol. The zero-order valence-electron chi connectivity index (χ0n) is 6.50. The van der Waals surface area contributed by atoms with Crippen LogP contribution in [0.1, 0.15) is 6.92 Å². The van der Waals surface area contributed by atoms with Crippen molar-refractivity contribution in [2.45, 2.75) is 12.7 Å². The highest BCUT2D eigenvalue weighted by atomic mass is 32.2. The van der Waals surface area contributed by atoms with Gasteiger partial charge in [-0.05, 0) is 0 Å². The molecule has 0 amide bonds. The Balaban J connectivity index is 4.64. The minimum Gasteiger partial charge on any atom is -0.206 e. The summed E-state index contributed by atoms with van der Waals surface area (Å²) in [5.41, 5.74) is 0. The Bertz CT molecular complexity index is 268. The average Bonchev–Trinajstić information content (AvgIpc) is 1.99. The van der Waals surface area contributed by atoms with Crippen molar-refractivity contribution in [3.8, 4) is 12.3 Å². The van der Waals surface area contributed by atoms with E-state index < -0.39 is 15.8 Å². The van der Waals surface area contributed by atoms with Crippen molar-refractivity contribution in [1.29, 1.82) is 0 Å². The lowest BCUT2D eigenvalue weighted by atomic mass is 10.6. The second kappa shape index (κ2) is 4.38. The Hall–Kier alpha value is -0.670. The molecule has 0 N–H and O–H groups in total. The summed E-state index contributed by atoms with van der Waals surface area (Å²) >= 11 is 0. The van der Waals surface area contributed by atoms with E-state index in [-0.39, 0.29) is 13.1 Å². The van der Waals surface area contributed by atoms with Crippen LogP contribution < -0.4 is 0 Å². The van der Waals surface area contributed by atoms with Crippen molar-refractivity contribution in [3.63, 3.8) is 0 Å². The molecule has 0 aliphatic rings. The van der Waals surface area contributed by atoms with Crippen LogP contribution in [-0.2, 0) is 10.0 Å². The van der Waals surface area contributed by atoms with E-state index >= 15 is 0 Å². The number of hydrogen-bond donors (Lipinski definition) is 0. The third-order valence-corrected chi connectivity index (χ3v) is 2.76. The third-order valence-electron chi connectivity index (χ3n) is 1.21. The van der Waals surface area contributed by atoms with Gasteiger partial charge in [-0.2, -0.15) is 13.1 Å². The molecule has 0 aromatic rings. The molecule has 0 radical (unpaired) electrons. The number of halogens is 2. The molecule has 0 rings (SSSR count). The molecule has 0 fully saturated rings. The minimum absolute atomic E-state index is 0.0448. The quantitative estimate of drug-likeness (QED) is 0.615. The van der Waals surface area contributed by atoms with E-state index in [2.05, 4.69) is 0 Å². The Kier molecular flexibility index (Phi) is 4.13. The highest BCUT2D eigenvalue weighted by molar-refractivity contribution is 7.89. The van der Waals surface area contributed by atoms with Crippen molar-refractivity contribution in [2.24, 2.45) is 0 Å². The van der Waals surface area contributed by atoms with E-state index in [9.17, 15) is 17.2 Å². The maximum absolute atomic E-state index is 11.9. The van der Waals surface area contributed by atoms with E-state index in [1.165, 1.54) is 6.92 Å². The molecule has 0 saturated carbocycles. The maximum Gasteiger partial charge on any atom is 0.350 e. The standard InChI is InChI=1S/C6H9F2NO2S/c1-3-5-9(4-2)12(10,11)6(7)8/h1,6H,4-5H2,2H3. The third kappa shape index (κ3) is 2.43. The number of sulfonamides is 1. The van der Waals surface area contributed by atoms with Gasteiger partial charge in [0.25, 0.3) is 10.0 Å². The van der Waals surface area contributed by atoms with Gasteiger partial charge in [0, 0.05) is 6.54 Å². The fourth-order valence-electron chi connectivity index (χ4n) is 0.596. The lowest BCUT2D eigenvalue weighted by molar-refractivity contribution is 0.221. The van der Waals surface area contributed by atoms with Crippen LogP contribution in [0.2, 0.25) is 0 Å². The van der Waals surface area contributed by atoms with Crippen molar-refractivity contribution in [3.05, 3.63) is 0 Å². The summed E-state index contributed by atoms with van der Waals surface area (Å²) in [5.74, 6) is -1.40. The van der Waals surface area contributed by atoms with Crippen LogP contribution >= 0.6 is 0 Å². The van der Waals surface area contributed by atoms with Gasteiger partial charge in [-0.1, -0.05) is 12.8 Å². The first-order chi connectivity index (χ1) is 5.46. The fraction of sp³-hybridized carbons (Fsp3) is 0.667. The van der Waals surface area contributed by atoms with Gasteiger partial charge in [0.05, 0.1) is 6.54 Å². The molecule has 0 aromatic heterocycles. The summed E-state index contributed by atoms with van der Waals surface area (Å²) < 4.78 is 45.8. The molecule has 0 atom stereocenters. The van der Waals surface area contributed by atoms with E-state index in [0.717, 1.165) is 0 Å². The molecule has 12 heavy (non-hydrogen) atoms. The van der Waals surface area contributed by atoms with Crippen molar-refractivity contribution in [2.75, 3.05) is 13.1 Å². The van der Waals surface area contributed by atoms with Crippen LogP contribution in [0.15, 0.2) is 0 Å². The molecule has 0 aromatic carbocycles. The van der Waals surface area contributed by atoms with Gasteiger partial charge < -0.3 is 0 Å². The van der Waals surface area contributed by atoms with Gasteiger partial charge in [-0.3, -0.25) is 0 Å². The largest absolute Gasteiger partial charge is 0.350 e.